The van der Waals surface area contributed by atoms with E-state index < -0.39 is 36.2 Å². The molecule has 0 aromatic rings. The zero-order valence-corrected chi connectivity index (χ0v) is 48.4. The lowest BCUT2D eigenvalue weighted by Gasteiger charge is -2.36. The third kappa shape index (κ3) is 42.2. The summed E-state index contributed by atoms with van der Waals surface area (Å²) in [6.45, 7) is 11.0. The van der Waals surface area contributed by atoms with Gasteiger partial charge in [-0.2, -0.15) is 0 Å². The molecule has 3 N–H and O–H groups in total. The Labute approximate surface area is 444 Å². The smallest absolute Gasteiger partial charge is 0.336 e. The first-order valence-corrected chi connectivity index (χ1v) is 34.6. The van der Waals surface area contributed by atoms with E-state index in [0.717, 1.165) is 17.3 Å². The third-order valence-corrected chi connectivity index (χ3v) is 19.4. The lowest BCUT2D eigenvalue weighted by Crippen LogP contribution is -2.52. The highest BCUT2D eigenvalue weighted by Gasteiger charge is 2.28. The second-order valence-corrected chi connectivity index (χ2v) is 26.4. The summed E-state index contributed by atoms with van der Waals surface area (Å²) in [5.41, 5.74) is 0. The molecule has 0 aliphatic carbocycles. The third-order valence-electron chi connectivity index (χ3n) is 12.0. The van der Waals surface area contributed by atoms with Crippen molar-refractivity contribution < 1.29 is 43.9 Å². The lowest BCUT2D eigenvalue weighted by atomic mass is 10.1. The van der Waals surface area contributed by atoms with Gasteiger partial charge in [0.05, 0.1) is 0 Å². The number of aliphatic hydroxyl groups excluding tert-OH is 3. The largest absolute Gasteiger partial charge is 0.463 e. The topological polar surface area (TPSA) is 149 Å². The molecule has 0 bridgehead atoms. The van der Waals surface area contributed by atoms with Crippen molar-refractivity contribution in [2.75, 3.05) is 113 Å². The van der Waals surface area contributed by atoms with Crippen LogP contribution in [0.2, 0.25) is 0 Å². The van der Waals surface area contributed by atoms with Gasteiger partial charge in [-0.25, -0.2) is 14.4 Å². The summed E-state index contributed by atoms with van der Waals surface area (Å²) in [5.74, 6) is 3.17. The standard InChI is InChI=1S/C51H99N3O9S6/c1-4-7-10-13-16-19-22-25-37-64-67-40-34-61-49(58)46(55)43-53-31-28-52(29-32-53)30-33-54(44-47(56)50(59)62-35-41-68-65-38-26-23-20-17-14-11-8-5-2)45-48(57)51(60)63-36-42-69-66-39-27-24-21-18-15-12-9-6-3/h46-48,55-57H,4-45H2,1-3H3. The van der Waals surface area contributed by atoms with Gasteiger partial charge in [0.1, 0.15) is 19.8 Å². The summed E-state index contributed by atoms with van der Waals surface area (Å²) in [7, 11) is 10.5. The van der Waals surface area contributed by atoms with Crippen molar-refractivity contribution in [2.45, 2.75) is 193 Å². The number of hydrogen-bond donors (Lipinski definition) is 3. The first kappa shape index (κ1) is 67.3. The molecule has 0 saturated carbocycles. The molecule has 1 fully saturated rings. The summed E-state index contributed by atoms with van der Waals surface area (Å²) in [6, 6.07) is 0. The van der Waals surface area contributed by atoms with E-state index >= 15 is 0 Å². The fraction of sp³-hybridized carbons (Fsp3) is 0.941. The molecule has 18 heteroatoms. The maximum Gasteiger partial charge on any atom is 0.336 e. The van der Waals surface area contributed by atoms with Crippen LogP contribution < -0.4 is 0 Å². The van der Waals surface area contributed by atoms with Crippen LogP contribution in [-0.2, 0) is 28.6 Å². The molecule has 1 rings (SSSR count). The van der Waals surface area contributed by atoms with Crippen molar-refractivity contribution in [1.82, 2.24) is 14.7 Å². The number of hydrogen-bond acceptors (Lipinski definition) is 18. The fourth-order valence-corrected chi connectivity index (χ4v) is 13.7. The molecule has 408 valence electrons. The SMILES string of the molecule is CCCCCCCCCCSSCCOC(=O)C(O)CN1CCN(CCN(CC(O)C(=O)OCCSSCCCCCCCCCC)CC(O)C(=O)OCCSSCCCCCCCCCC)CC1. The number of rotatable bonds is 51. The number of aliphatic hydroxyl groups is 3. The Morgan fingerprint density at radius 1 is 0.420 bits per heavy atom. The number of nitrogens with zero attached hydrogens (tertiary/aromatic N) is 3. The molecule has 0 amide bonds. The van der Waals surface area contributed by atoms with Gasteiger partial charge in [0, 0.05) is 93.4 Å². The van der Waals surface area contributed by atoms with Crippen LogP contribution in [0.1, 0.15) is 175 Å². The van der Waals surface area contributed by atoms with Gasteiger partial charge in [-0.3, -0.25) is 14.7 Å². The maximum absolute atomic E-state index is 12.9. The summed E-state index contributed by atoms with van der Waals surface area (Å²) in [4.78, 5) is 44.2. The Morgan fingerprint density at radius 2 is 0.710 bits per heavy atom. The van der Waals surface area contributed by atoms with Gasteiger partial charge in [-0.15, -0.1) is 0 Å². The van der Waals surface area contributed by atoms with Crippen molar-refractivity contribution >= 4 is 82.7 Å². The summed E-state index contributed by atoms with van der Waals surface area (Å²) in [5, 5.41) is 32.4. The van der Waals surface area contributed by atoms with Gasteiger partial charge >= 0.3 is 17.9 Å². The normalized spacial score (nSPS) is 14.8. The predicted molar refractivity (Wildman–Crippen MR) is 303 cm³/mol. The average molecular weight is 1090 g/mol. The van der Waals surface area contributed by atoms with Gasteiger partial charge < -0.3 is 29.5 Å². The van der Waals surface area contributed by atoms with Gasteiger partial charge in [0.25, 0.3) is 0 Å². The Balaban J connectivity index is 2.46. The minimum atomic E-state index is -1.44. The van der Waals surface area contributed by atoms with E-state index in [2.05, 4.69) is 30.6 Å². The van der Waals surface area contributed by atoms with E-state index in [1.807, 2.05) is 10.8 Å². The highest BCUT2D eigenvalue weighted by atomic mass is 33.1. The van der Waals surface area contributed by atoms with Crippen molar-refractivity contribution in [3.05, 3.63) is 0 Å². The summed E-state index contributed by atoms with van der Waals surface area (Å²) in [6.07, 6.45) is 27.0. The maximum atomic E-state index is 12.9. The first-order chi connectivity index (χ1) is 33.7. The van der Waals surface area contributed by atoms with Crippen LogP contribution >= 0.6 is 64.8 Å². The average Bonchev–Trinajstić information content (AvgIpc) is 3.35. The molecular weight excluding hydrogens is 991 g/mol. The molecule has 0 spiro atoms. The summed E-state index contributed by atoms with van der Waals surface area (Å²) < 4.78 is 16.2. The molecule has 3 atom stereocenters. The second-order valence-electron chi connectivity index (χ2n) is 18.3. The number of piperazine rings is 1. The minimum Gasteiger partial charge on any atom is -0.463 e. The number of esters is 3. The number of β-amino-alcohol motifs (C(OH)–C–C–N with tert-alkyl or cyclic N) is 1. The zero-order valence-electron chi connectivity index (χ0n) is 43.5. The highest BCUT2D eigenvalue weighted by Crippen LogP contribution is 2.25. The Bertz CT molecular complexity index is 1130. The van der Waals surface area contributed by atoms with Gasteiger partial charge in [0.2, 0.25) is 0 Å². The molecule has 1 aliphatic heterocycles. The van der Waals surface area contributed by atoms with Crippen molar-refractivity contribution in [2.24, 2.45) is 0 Å². The van der Waals surface area contributed by atoms with E-state index in [1.54, 1.807) is 58.9 Å². The Hall–Kier alpha value is 0.270. The van der Waals surface area contributed by atoms with Crippen LogP contribution in [0.3, 0.4) is 0 Å². The lowest BCUT2D eigenvalue weighted by molar-refractivity contribution is -0.156. The molecule has 69 heavy (non-hydrogen) atoms. The van der Waals surface area contributed by atoms with Gasteiger partial charge in [0.15, 0.2) is 18.3 Å². The Morgan fingerprint density at radius 3 is 1.06 bits per heavy atom. The van der Waals surface area contributed by atoms with Gasteiger partial charge in [-0.05, 0) is 19.3 Å². The predicted octanol–water partition coefficient (Wildman–Crippen LogP) is 11.2. The van der Waals surface area contributed by atoms with Crippen LogP contribution in [0.5, 0.6) is 0 Å². The van der Waals surface area contributed by atoms with E-state index in [1.165, 1.54) is 154 Å². The van der Waals surface area contributed by atoms with Crippen LogP contribution in [0, 0.1) is 0 Å². The molecule has 1 saturated heterocycles. The number of carbonyl (C=O) groups is 3. The molecule has 1 heterocycles. The monoisotopic (exact) mass is 1090 g/mol. The van der Waals surface area contributed by atoms with Crippen molar-refractivity contribution in [1.29, 1.82) is 0 Å². The van der Waals surface area contributed by atoms with Crippen LogP contribution in [0.15, 0.2) is 0 Å². The molecular formula is C51H99N3O9S6. The molecule has 1 aliphatic rings. The van der Waals surface area contributed by atoms with Crippen LogP contribution in [0.4, 0.5) is 0 Å². The zero-order chi connectivity index (χ0) is 50.3. The second kappa shape index (κ2) is 50.4. The number of ether oxygens (including phenoxy) is 3. The van der Waals surface area contributed by atoms with Crippen molar-refractivity contribution in [3.63, 3.8) is 0 Å². The van der Waals surface area contributed by atoms with Crippen LogP contribution in [0.25, 0.3) is 0 Å². The fourth-order valence-electron chi connectivity index (χ4n) is 7.75. The van der Waals surface area contributed by atoms with E-state index in [9.17, 15) is 29.7 Å². The van der Waals surface area contributed by atoms with E-state index in [0.29, 0.717) is 56.5 Å². The van der Waals surface area contributed by atoms with Crippen LogP contribution in [-0.4, -0.2) is 179 Å². The summed E-state index contributed by atoms with van der Waals surface area (Å²) >= 11 is 0. The van der Waals surface area contributed by atoms with E-state index in [4.69, 9.17) is 14.2 Å². The highest BCUT2D eigenvalue weighted by molar-refractivity contribution is 8.77. The van der Waals surface area contributed by atoms with E-state index in [-0.39, 0.29) is 39.5 Å². The molecule has 0 aromatic carbocycles. The van der Waals surface area contributed by atoms with Crippen molar-refractivity contribution in [3.8, 4) is 0 Å². The number of carbonyl (C=O) groups excluding carboxylic acids is 3. The minimum absolute atomic E-state index is 0.0978. The molecule has 0 aromatic heterocycles. The molecule has 12 nitrogen and oxygen atoms in total. The quantitative estimate of drug-likeness (QED) is 0.0229. The molecule has 0 radical (unpaired) electrons. The Kier molecular flexibility index (Phi) is 49.2. The first-order valence-electron chi connectivity index (χ1n) is 27.2. The molecule has 3 unspecified atom stereocenters. The van der Waals surface area contributed by atoms with Gasteiger partial charge in [-0.1, -0.05) is 220 Å². The number of unbranched alkanes of at least 4 members (excludes halogenated alkanes) is 21.